The molecular formula is C23H27ClN4O2. The fourth-order valence-electron chi connectivity index (χ4n) is 4.15. The second-order valence-electron chi connectivity index (χ2n) is 8.30. The van der Waals surface area contributed by atoms with E-state index in [9.17, 15) is 4.79 Å². The van der Waals surface area contributed by atoms with Crippen LogP contribution in [0.1, 0.15) is 54.3 Å². The molecule has 1 fully saturated rings. The highest BCUT2D eigenvalue weighted by molar-refractivity contribution is 6.30. The smallest absolute Gasteiger partial charge is 0.253 e. The van der Waals surface area contributed by atoms with Gasteiger partial charge in [-0.15, -0.1) is 0 Å². The molecule has 158 valence electrons. The first-order valence-electron chi connectivity index (χ1n) is 10.4. The lowest BCUT2D eigenvalue weighted by atomic mass is 9.74. The van der Waals surface area contributed by atoms with Gasteiger partial charge in [0.25, 0.3) is 5.91 Å². The van der Waals surface area contributed by atoms with Crippen LogP contribution in [0.2, 0.25) is 5.02 Å². The zero-order valence-corrected chi connectivity index (χ0v) is 18.4. The molecule has 0 radical (unpaired) electrons. The summed E-state index contributed by atoms with van der Waals surface area (Å²) in [7, 11) is 0. The molecule has 0 bridgehead atoms. The summed E-state index contributed by atoms with van der Waals surface area (Å²) in [6, 6.07) is 10.0. The Balaban J connectivity index is 1.58. The van der Waals surface area contributed by atoms with E-state index in [-0.39, 0.29) is 17.4 Å². The molecule has 4 rings (SSSR count). The number of halogens is 1. The molecule has 1 amide bonds. The number of ether oxygens (including phenoxy) is 1. The van der Waals surface area contributed by atoms with E-state index in [4.69, 9.17) is 16.3 Å². The van der Waals surface area contributed by atoms with Gasteiger partial charge >= 0.3 is 0 Å². The Morgan fingerprint density at radius 3 is 2.63 bits per heavy atom. The molecule has 1 aromatic carbocycles. The van der Waals surface area contributed by atoms with Crippen molar-refractivity contribution in [3.8, 4) is 0 Å². The summed E-state index contributed by atoms with van der Waals surface area (Å²) in [6.45, 7) is 7.90. The number of nitrogens with zero attached hydrogens (tertiary/aromatic N) is 3. The van der Waals surface area contributed by atoms with Gasteiger partial charge in [-0.05, 0) is 57.4 Å². The second-order valence-corrected chi connectivity index (χ2v) is 8.74. The van der Waals surface area contributed by atoms with Crippen molar-refractivity contribution >= 4 is 28.5 Å². The SMILES string of the molecule is Cc1nc2c(cnn2C(C)C)cc1C(=O)NCC1(c2ccc(Cl)cc2)CCOCC1. The molecule has 3 aromatic rings. The molecule has 1 N–H and O–H groups in total. The fraction of sp³-hybridized carbons (Fsp3) is 0.435. The van der Waals surface area contributed by atoms with Crippen molar-refractivity contribution in [2.24, 2.45) is 0 Å². The van der Waals surface area contributed by atoms with Gasteiger partial charge in [-0.3, -0.25) is 4.79 Å². The van der Waals surface area contributed by atoms with Crippen LogP contribution in [0.25, 0.3) is 11.0 Å². The first-order valence-corrected chi connectivity index (χ1v) is 10.7. The third-order valence-corrected chi connectivity index (χ3v) is 6.24. The zero-order chi connectivity index (χ0) is 21.3. The second kappa shape index (κ2) is 8.36. The molecule has 0 unspecified atom stereocenters. The Kier molecular flexibility index (Phi) is 5.80. The van der Waals surface area contributed by atoms with Crippen molar-refractivity contribution in [1.29, 1.82) is 0 Å². The van der Waals surface area contributed by atoms with Crippen LogP contribution in [-0.2, 0) is 10.2 Å². The van der Waals surface area contributed by atoms with E-state index < -0.39 is 0 Å². The summed E-state index contributed by atoms with van der Waals surface area (Å²) in [5.41, 5.74) is 3.12. The lowest BCUT2D eigenvalue weighted by Crippen LogP contribution is -2.44. The summed E-state index contributed by atoms with van der Waals surface area (Å²) in [5.74, 6) is -0.112. The summed E-state index contributed by atoms with van der Waals surface area (Å²) < 4.78 is 7.47. The van der Waals surface area contributed by atoms with Crippen LogP contribution in [-0.4, -0.2) is 40.4 Å². The van der Waals surface area contributed by atoms with E-state index in [0.717, 1.165) is 23.9 Å². The monoisotopic (exact) mass is 426 g/mol. The van der Waals surface area contributed by atoms with E-state index in [1.807, 2.05) is 29.8 Å². The lowest BCUT2D eigenvalue weighted by molar-refractivity contribution is 0.0487. The predicted molar refractivity (Wildman–Crippen MR) is 118 cm³/mol. The maximum atomic E-state index is 13.1. The largest absolute Gasteiger partial charge is 0.381 e. The molecule has 1 aliphatic rings. The van der Waals surface area contributed by atoms with E-state index in [1.165, 1.54) is 5.56 Å². The lowest BCUT2D eigenvalue weighted by Gasteiger charge is -2.38. The minimum Gasteiger partial charge on any atom is -0.381 e. The number of hydrogen-bond donors (Lipinski definition) is 1. The summed E-state index contributed by atoms with van der Waals surface area (Å²) in [4.78, 5) is 17.8. The van der Waals surface area contributed by atoms with Crippen molar-refractivity contribution in [2.75, 3.05) is 19.8 Å². The maximum absolute atomic E-state index is 13.1. The predicted octanol–water partition coefficient (Wildman–Crippen LogP) is 4.45. The van der Waals surface area contributed by atoms with Gasteiger partial charge in [-0.25, -0.2) is 9.67 Å². The number of pyridine rings is 1. The third kappa shape index (κ3) is 3.94. The normalized spacial score (nSPS) is 16.2. The van der Waals surface area contributed by atoms with Gasteiger partial charge in [-0.1, -0.05) is 23.7 Å². The van der Waals surface area contributed by atoms with Crippen molar-refractivity contribution < 1.29 is 9.53 Å². The minimum atomic E-state index is -0.160. The zero-order valence-electron chi connectivity index (χ0n) is 17.6. The number of aryl methyl sites for hydroxylation is 1. The molecule has 1 saturated heterocycles. The topological polar surface area (TPSA) is 69.0 Å². The quantitative estimate of drug-likeness (QED) is 0.654. The number of nitrogens with one attached hydrogen (secondary N) is 1. The molecule has 3 heterocycles. The number of rotatable bonds is 5. The summed E-state index contributed by atoms with van der Waals surface area (Å²) >= 11 is 6.08. The van der Waals surface area contributed by atoms with Gasteiger partial charge < -0.3 is 10.1 Å². The van der Waals surface area contributed by atoms with Crippen LogP contribution in [0.4, 0.5) is 0 Å². The maximum Gasteiger partial charge on any atom is 0.253 e. The summed E-state index contributed by atoms with van der Waals surface area (Å²) in [5, 5.41) is 9.16. The van der Waals surface area contributed by atoms with Crippen LogP contribution >= 0.6 is 11.6 Å². The van der Waals surface area contributed by atoms with Crippen LogP contribution in [0.15, 0.2) is 36.5 Å². The van der Waals surface area contributed by atoms with Crippen LogP contribution in [0.5, 0.6) is 0 Å². The highest BCUT2D eigenvalue weighted by Crippen LogP contribution is 2.35. The molecule has 0 saturated carbocycles. The summed E-state index contributed by atoms with van der Waals surface area (Å²) in [6.07, 6.45) is 3.48. The number of carbonyl (C=O) groups is 1. The van der Waals surface area contributed by atoms with Crippen LogP contribution < -0.4 is 5.32 Å². The van der Waals surface area contributed by atoms with E-state index >= 15 is 0 Å². The Labute approximate surface area is 181 Å². The van der Waals surface area contributed by atoms with Gasteiger partial charge in [-0.2, -0.15) is 5.10 Å². The van der Waals surface area contributed by atoms with Gasteiger partial charge in [0, 0.05) is 41.6 Å². The Morgan fingerprint density at radius 2 is 1.97 bits per heavy atom. The van der Waals surface area contributed by atoms with E-state index in [2.05, 4.69) is 41.4 Å². The standard InChI is InChI=1S/C23H27ClN4O2/c1-15(2)28-21-17(13-26-28)12-20(16(3)27-21)22(29)25-14-23(8-10-30-11-9-23)18-4-6-19(24)7-5-18/h4-7,12-13,15H,8-11,14H2,1-3H3,(H,25,29). The molecule has 7 heteroatoms. The van der Waals surface area contributed by atoms with Crippen molar-refractivity contribution in [3.63, 3.8) is 0 Å². The number of hydrogen-bond acceptors (Lipinski definition) is 4. The molecule has 0 spiro atoms. The molecular weight excluding hydrogens is 400 g/mol. The Hall–Kier alpha value is -2.44. The van der Waals surface area contributed by atoms with Gasteiger partial charge in [0.05, 0.1) is 17.5 Å². The Morgan fingerprint density at radius 1 is 1.27 bits per heavy atom. The number of amides is 1. The number of carbonyl (C=O) groups excluding carboxylic acids is 1. The highest BCUT2D eigenvalue weighted by Gasteiger charge is 2.35. The van der Waals surface area contributed by atoms with Crippen molar-refractivity contribution in [3.05, 3.63) is 58.4 Å². The first kappa shape index (κ1) is 20.8. The molecule has 0 aliphatic carbocycles. The average molecular weight is 427 g/mol. The van der Waals surface area contributed by atoms with E-state index in [1.54, 1.807) is 6.20 Å². The molecule has 0 atom stereocenters. The van der Waals surface area contributed by atoms with Gasteiger partial charge in [0.2, 0.25) is 0 Å². The van der Waals surface area contributed by atoms with Crippen molar-refractivity contribution in [1.82, 2.24) is 20.1 Å². The first-order chi connectivity index (χ1) is 14.4. The number of aromatic nitrogens is 3. The average Bonchev–Trinajstić information content (AvgIpc) is 3.15. The van der Waals surface area contributed by atoms with Gasteiger partial charge in [0.1, 0.15) is 0 Å². The Bertz CT molecular complexity index is 1050. The fourth-order valence-corrected chi connectivity index (χ4v) is 4.28. The molecule has 30 heavy (non-hydrogen) atoms. The molecule has 6 nitrogen and oxygen atoms in total. The van der Waals surface area contributed by atoms with E-state index in [0.29, 0.717) is 36.0 Å². The number of benzene rings is 1. The highest BCUT2D eigenvalue weighted by atomic mass is 35.5. The molecule has 1 aliphatic heterocycles. The third-order valence-electron chi connectivity index (χ3n) is 5.99. The number of fused-ring (bicyclic) bond motifs is 1. The molecule has 2 aromatic heterocycles. The van der Waals surface area contributed by atoms with Gasteiger partial charge in [0.15, 0.2) is 5.65 Å². The van der Waals surface area contributed by atoms with Crippen molar-refractivity contribution in [2.45, 2.75) is 45.1 Å². The van der Waals surface area contributed by atoms with Crippen LogP contribution in [0.3, 0.4) is 0 Å². The minimum absolute atomic E-state index is 0.112. The van der Waals surface area contributed by atoms with Crippen LogP contribution in [0, 0.1) is 6.92 Å².